The topological polar surface area (TPSA) is 38.7 Å². The first-order valence-electron chi connectivity index (χ1n) is 13.3. The molecule has 2 fully saturated rings. The van der Waals surface area contributed by atoms with Crippen LogP contribution in [-0.2, 0) is 11.3 Å². The normalized spacial score (nSPS) is 25.0. The molecule has 0 aromatic heterocycles. The molecule has 0 aliphatic heterocycles. The Hall–Kier alpha value is -2.38. The predicted molar refractivity (Wildman–Crippen MR) is 135 cm³/mol. The molecule has 2 saturated carbocycles. The minimum Gasteiger partial charge on any atom is -0.486 e. The SMILES string of the molecule is C=CCOc1ccc(COC2CCC(c3ccc(C4CCC(C(C)O)CC4)c(F)c3F)CC2)c(F)c1F. The molecule has 0 amide bonds. The predicted octanol–water partition coefficient (Wildman–Crippen LogP) is 7.71. The first-order chi connectivity index (χ1) is 17.8. The zero-order valence-electron chi connectivity index (χ0n) is 21.3. The molecular formula is C30H36F4O3. The molecule has 202 valence electrons. The number of hydrogen-bond acceptors (Lipinski definition) is 3. The van der Waals surface area contributed by atoms with Crippen molar-refractivity contribution >= 4 is 0 Å². The van der Waals surface area contributed by atoms with Gasteiger partial charge in [0, 0.05) is 5.56 Å². The largest absolute Gasteiger partial charge is 0.486 e. The van der Waals surface area contributed by atoms with Gasteiger partial charge in [-0.2, -0.15) is 4.39 Å². The smallest absolute Gasteiger partial charge is 0.200 e. The Morgan fingerprint density at radius 3 is 1.95 bits per heavy atom. The van der Waals surface area contributed by atoms with Gasteiger partial charge >= 0.3 is 0 Å². The van der Waals surface area contributed by atoms with E-state index in [1.807, 2.05) is 0 Å². The molecule has 2 aromatic carbocycles. The second-order valence-corrected chi connectivity index (χ2v) is 10.5. The Bertz CT molecular complexity index is 1070. The van der Waals surface area contributed by atoms with Crippen LogP contribution in [0.3, 0.4) is 0 Å². The number of aliphatic hydroxyl groups is 1. The summed E-state index contributed by atoms with van der Waals surface area (Å²) in [6.45, 7) is 5.27. The van der Waals surface area contributed by atoms with Crippen LogP contribution in [-0.4, -0.2) is 23.9 Å². The van der Waals surface area contributed by atoms with Gasteiger partial charge in [0.1, 0.15) is 6.61 Å². The Balaban J connectivity index is 1.31. The lowest BCUT2D eigenvalue weighted by Crippen LogP contribution is -2.23. The lowest BCUT2D eigenvalue weighted by molar-refractivity contribution is 0.0116. The molecule has 0 spiro atoms. The minimum atomic E-state index is -1.05. The fourth-order valence-corrected chi connectivity index (χ4v) is 5.81. The molecule has 7 heteroatoms. The lowest BCUT2D eigenvalue weighted by atomic mass is 9.76. The number of rotatable bonds is 9. The van der Waals surface area contributed by atoms with Crippen molar-refractivity contribution in [3.05, 3.63) is 76.9 Å². The summed E-state index contributed by atoms with van der Waals surface area (Å²) in [4.78, 5) is 0. The molecule has 1 atom stereocenters. The maximum absolute atomic E-state index is 15.1. The third kappa shape index (κ3) is 6.37. The molecule has 0 radical (unpaired) electrons. The maximum Gasteiger partial charge on any atom is 0.200 e. The van der Waals surface area contributed by atoms with Crippen LogP contribution < -0.4 is 4.74 Å². The number of halogens is 4. The Kier molecular flexibility index (Phi) is 9.30. The highest BCUT2D eigenvalue weighted by Crippen LogP contribution is 2.41. The standard InChI is InChI=1S/C30H36F4O3/c1-3-16-36-26-15-10-22(27(31)30(26)34)17-37-23-11-8-21(9-12-23)25-14-13-24(28(32)29(25)33)20-6-4-19(5-7-20)18(2)35/h3,10,13-15,18-21,23,35H,1,4-9,11-12,16-17H2,2H3. The third-order valence-corrected chi connectivity index (χ3v) is 8.11. The summed E-state index contributed by atoms with van der Waals surface area (Å²) >= 11 is 0. The van der Waals surface area contributed by atoms with Crippen LogP contribution in [0.2, 0.25) is 0 Å². The van der Waals surface area contributed by atoms with Gasteiger partial charge in [0.2, 0.25) is 5.82 Å². The number of ether oxygens (including phenoxy) is 2. The summed E-state index contributed by atoms with van der Waals surface area (Å²) < 4.78 is 69.7. The third-order valence-electron chi connectivity index (χ3n) is 8.11. The maximum atomic E-state index is 15.1. The second-order valence-electron chi connectivity index (χ2n) is 10.5. The van der Waals surface area contributed by atoms with E-state index < -0.39 is 23.3 Å². The van der Waals surface area contributed by atoms with Gasteiger partial charge in [-0.05, 0) is 99.3 Å². The van der Waals surface area contributed by atoms with Crippen LogP contribution in [0.15, 0.2) is 36.9 Å². The van der Waals surface area contributed by atoms with E-state index in [-0.39, 0.29) is 54.5 Å². The van der Waals surface area contributed by atoms with Crippen molar-refractivity contribution in [2.24, 2.45) is 5.92 Å². The van der Waals surface area contributed by atoms with Gasteiger partial charge in [-0.1, -0.05) is 24.8 Å². The fourth-order valence-electron chi connectivity index (χ4n) is 5.81. The van der Waals surface area contributed by atoms with Gasteiger partial charge in [-0.15, -0.1) is 0 Å². The average Bonchev–Trinajstić information content (AvgIpc) is 2.91. The van der Waals surface area contributed by atoms with Crippen LogP contribution >= 0.6 is 0 Å². The molecule has 1 N–H and O–H groups in total. The zero-order valence-corrected chi connectivity index (χ0v) is 21.3. The van der Waals surface area contributed by atoms with Gasteiger partial charge < -0.3 is 14.6 Å². The highest BCUT2D eigenvalue weighted by Gasteiger charge is 2.31. The van der Waals surface area contributed by atoms with Crippen LogP contribution in [0.1, 0.15) is 86.8 Å². The quantitative estimate of drug-likeness (QED) is 0.272. The van der Waals surface area contributed by atoms with Gasteiger partial charge in [0.15, 0.2) is 23.2 Å². The van der Waals surface area contributed by atoms with Gasteiger partial charge in [-0.25, -0.2) is 13.2 Å². The summed E-state index contributed by atoms with van der Waals surface area (Å²) in [5, 5.41) is 9.80. The summed E-state index contributed by atoms with van der Waals surface area (Å²) in [6, 6.07) is 6.29. The highest BCUT2D eigenvalue weighted by molar-refractivity contribution is 5.32. The van der Waals surface area contributed by atoms with Crippen LogP contribution in [0.5, 0.6) is 5.75 Å². The van der Waals surface area contributed by atoms with Gasteiger partial charge in [0.05, 0.1) is 18.8 Å². The van der Waals surface area contributed by atoms with Crippen molar-refractivity contribution in [3.8, 4) is 5.75 Å². The van der Waals surface area contributed by atoms with Crippen LogP contribution in [0, 0.1) is 29.2 Å². The molecule has 2 aromatic rings. The second kappa shape index (κ2) is 12.4. The number of benzene rings is 2. The van der Waals surface area contributed by atoms with E-state index in [2.05, 4.69) is 6.58 Å². The van der Waals surface area contributed by atoms with E-state index in [9.17, 15) is 13.9 Å². The van der Waals surface area contributed by atoms with Crippen molar-refractivity contribution in [1.82, 2.24) is 0 Å². The Morgan fingerprint density at radius 1 is 0.838 bits per heavy atom. The van der Waals surface area contributed by atoms with Crippen molar-refractivity contribution in [3.63, 3.8) is 0 Å². The van der Waals surface area contributed by atoms with Crippen LogP contribution in [0.4, 0.5) is 17.6 Å². The molecule has 37 heavy (non-hydrogen) atoms. The van der Waals surface area contributed by atoms with E-state index in [0.29, 0.717) is 36.8 Å². The molecule has 3 nitrogen and oxygen atoms in total. The van der Waals surface area contributed by atoms with E-state index in [0.717, 1.165) is 25.7 Å². The van der Waals surface area contributed by atoms with Crippen molar-refractivity contribution in [2.75, 3.05) is 6.61 Å². The molecule has 4 rings (SSSR count). The minimum absolute atomic E-state index is 0.0180. The fraction of sp³-hybridized carbons (Fsp3) is 0.533. The summed E-state index contributed by atoms with van der Waals surface area (Å²) in [6.07, 6.45) is 6.57. The van der Waals surface area contributed by atoms with E-state index in [1.54, 1.807) is 19.1 Å². The monoisotopic (exact) mass is 520 g/mol. The van der Waals surface area contributed by atoms with E-state index >= 15 is 8.78 Å². The molecule has 2 aliphatic rings. The lowest BCUT2D eigenvalue weighted by Gasteiger charge is -2.32. The zero-order chi connectivity index (χ0) is 26.5. The van der Waals surface area contributed by atoms with Crippen molar-refractivity contribution in [1.29, 1.82) is 0 Å². The summed E-state index contributed by atoms with van der Waals surface area (Å²) in [7, 11) is 0. The number of hydrogen-bond donors (Lipinski definition) is 1. The molecule has 0 heterocycles. The van der Waals surface area contributed by atoms with E-state index in [1.165, 1.54) is 18.2 Å². The van der Waals surface area contributed by atoms with Crippen LogP contribution in [0.25, 0.3) is 0 Å². The van der Waals surface area contributed by atoms with E-state index in [4.69, 9.17) is 9.47 Å². The molecule has 2 aliphatic carbocycles. The summed E-state index contributed by atoms with van der Waals surface area (Å²) in [5.74, 6) is -3.61. The number of aliphatic hydroxyl groups excluding tert-OH is 1. The van der Waals surface area contributed by atoms with Crippen molar-refractivity contribution < 1.29 is 32.1 Å². The van der Waals surface area contributed by atoms with Crippen molar-refractivity contribution in [2.45, 2.75) is 88.9 Å². The highest BCUT2D eigenvalue weighted by atomic mass is 19.2. The average molecular weight is 521 g/mol. The Morgan fingerprint density at radius 2 is 1.41 bits per heavy atom. The van der Waals surface area contributed by atoms with Gasteiger partial charge in [-0.3, -0.25) is 0 Å². The molecule has 0 saturated heterocycles. The molecule has 1 unspecified atom stereocenters. The molecular weight excluding hydrogens is 484 g/mol. The first kappa shape index (κ1) is 27.6. The first-order valence-corrected chi connectivity index (χ1v) is 13.3. The molecule has 0 bridgehead atoms. The summed E-state index contributed by atoms with van der Waals surface area (Å²) in [5.41, 5.74) is 0.954. The van der Waals surface area contributed by atoms with Gasteiger partial charge in [0.25, 0.3) is 0 Å². The Labute approximate surface area is 216 Å².